The topological polar surface area (TPSA) is 48.0 Å². The van der Waals surface area contributed by atoms with Gasteiger partial charge in [0.25, 0.3) is 5.91 Å². The van der Waals surface area contributed by atoms with Crippen molar-refractivity contribution in [3.8, 4) is 0 Å². The number of carbonyl (C=O) groups is 1. The molecule has 22 heavy (non-hydrogen) atoms. The zero-order chi connectivity index (χ0) is 15.4. The number of carbonyl (C=O) groups excluding carboxylic acids is 1. The third-order valence-electron chi connectivity index (χ3n) is 4.37. The minimum Gasteiger partial charge on any atom is -0.380 e. The first-order valence-corrected chi connectivity index (χ1v) is 7.88. The minimum atomic E-state index is -0.0643. The van der Waals surface area contributed by atoms with Gasteiger partial charge in [0.15, 0.2) is 6.29 Å². The lowest BCUT2D eigenvalue weighted by atomic mass is 9.95. The number of hydrogen-bond acceptors (Lipinski definition) is 4. The van der Waals surface area contributed by atoms with E-state index in [-0.39, 0.29) is 12.2 Å². The largest absolute Gasteiger partial charge is 0.380 e. The van der Waals surface area contributed by atoms with Gasteiger partial charge in [0.1, 0.15) is 0 Å². The van der Waals surface area contributed by atoms with Crippen molar-refractivity contribution < 1.29 is 19.0 Å². The van der Waals surface area contributed by atoms with Crippen molar-refractivity contribution >= 4 is 5.91 Å². The fourth-order valence-corrected chi connectivity index (χ4v) is 3.12. The minimum absolute atomic E-state index is 0.0643. The van der Waals surface area contributed by atoms with Gasteiger partial charge in [-0.15, -0.1) is 0 Å². The van der Waals surface area contributed by atoms with Gasteiger partial charge in [-0.05, 0) is 30.5 Å². The van der Waals surface area contributed by atoms with E-state index in [1.165, 1.54) is 0 Å². The Morgan fingerprint density at radius 3 is 2.41 bits per heavy atom. The van der Waals surface area contributed by atoms with Crippen molar-refractivity contribution in [3.05, 3.63) is 35.4 Å². The van der Waals surface area contributed by atoms with Gasteiger partial charge in [-0.1, -0.05) is 12.1 Å². The monoisotopic (exact) mass is 305 g/mol. The molecule has 2 aliphatic heterocycles. The zero-order valence-corrected chi connectivity index (χ0v) is 13.0. The summed E-state index contributed by atoms with van der Waals surface area (Å²) in [4.78, 5) is 14.5. The number of rotatable bonds is 4. The molecule has 0 aromatic heterocycles. The van der Waals surface area contributed by atoms with E-state index in [0.29, 0.717) is 25.7 Å². The first-order chi connectivity index (χ1) is 10.8. The Bertz CT molecular complexity index is 488. The molecule has 120 valence electrons. The van der Waals surface area contributed by atoms with Crippen molar-refractivity contribution in [1.82, 2.24) is 4.90 Å². The lowest BCUT2D eigenvalue weighted by molar-refractivity contribution is -0.0956. The normalized spacial score (nSPS) is 20.5. The van der Waals surface area contributed by atoms with Crippen LogP contribution in [0.1, 0.15) is 28.8 Å². The molecule has 2 heterocycles. The summed E-state index contributed by atoms with van der Waals surface area (Å²) in [7, 11) is 1.67. The summed E-state index contributed by atoms with van der Waals surface area (Å²) in [5, 5.41) is 0. The summed E-state index contributed by atoms with van der Waals surface area (Å²) in [6.45, 7) is 3.50. The predicted molar refractivity (Wildman–Crippen MR) is 81.5 cm³/mol. The third kappa shape index (κ3) is 3.48. The molecule has 5 nitrogen and oxygen atoms in total. The van der Waals surface area contributed by atoms with Crippen LogP contribution in [0.15, 0.2) is 24.3 Å². The molecule has 0 unspecified atom stereocenters. The second kappa shape index (κ2) is 7.22. The molecule has 0 radical (unpaired) electrons. The van der Waals surface area contributed by atoms with Crippen LogP contribution in [0.25, 0.3) is 0 Å². The van der Waals surface area contributed by atoms with E-state index < -0.39 is 0 Å². The molecule has 0 N–H and O–H groups in total. The van der Waals surface area contributed by atoms with Crippen LogP contribution in [-0.4, -0.2) is 50.5 Å². The predicted octanol–water partition coefficient (Wildman–Crippen LogP) is 2.06. The van der Waals surface area contributed by atoms with Crippen LogP contribution in [0, 0.1) is 5.92 Å². The highest BCUT2D eigenvalue weighted by Crippen LogP contribution is 2.26. The maximum absolute atomic E-state index is 12.5. The summed E-state index contributed by atoms with van der Waals surface area (Å²) >= 11 is 0. The van der Waals surface area contributed by atoms with E-state index in [0.717, 1.165) is 37.1 Å². The van der Waals surface area contributed by atoms with Crippen LogP contribution in [0.2, 0.25) is 0 Å². The van der Waals surface area contributed by atoms with E-state index in [1.807, 2.05) is 29.2 Å². The number of benzene rings is 1. The van der Waals surface area contributed by atoms with Crippen molar-refractivity contribution in [2.24, 2.45) is 5.92 Å². The summed E-state index contributed by atoms with van der Waals surface area (Å²) in [6, 6.07) is 7.66. The molecule has 1 aromatic rings. The van der Waals surface area contributed by atoms with Gasteiger partial charge in [0.05, 0.1) is 19.8 Å². The molecular weight excluding hydrogens is 282 g/mol. The van der Waals surface area contributed by atoms with Crippen LogP contribution in [0.3, 0.4) is 0 Å². The van der Waals surface area contributed by atoms with E-state index in [9.17, 15) is 4.79 Å². The molecule has 0 spiro atoms. The van der Waals surface area contributed by atoms with Gasteiger partial charge in [0.2, 0.25) is 0 Å². The number of hydrogen-bond donors (Lipinski definition) is 0. The Hall–Kier alpha value is -1.43. The molecule has 5 heteroatoms. The number of ether oxygens (including phenoxy) is 3. The highest BCUT2D eigenvalue weighted by atomic mass is 16.7. The summed E-state index contributed by atoms with van der Waals surface area (Å²) in [5.74, 6) is 0.520. The van der Waals surface area contributed by atoms with E-state index in [1.54, 1.807) is 7.11 Å². The van der Waals surface area contributed by atoms with Gasteiger partial charge in [-0.25, -0.2) is 0 Å². The van der Waals surface area contributed by atoms with Gasteiger partial charge in [-0.2, -0.15) is 0 Å². The number of methoxy groups -OCH3 is 1. The molecule has 2 fully saturated rings. The molecule has 2 saturated heterocycles. The lowest BCUT2D eigenvalue weighted by Gasteiger charge is -2.33. The smallest absolute Gasteiger partial charge is 0.253 e. The van der Waals surface area contributed by atoms with Crippen LogP contribution in [0.5, 0.6) is 0 Å². The van der Waals surface area contributed by atoms with Crippen molar-refractivity contribution in [3.63, 3.8) is 0 Å². The van der Waals surface area contributed by atoms with Crippen molar-refractivity contribution in [2.45, 2.75) is 25.7 Å². The maximum atomic E-state index is 12.5. The Morgan fingerprint density at radius 1 is 1.18 bits per heavy atom. The molecule has 0 aliphatic carbocycles. The van der Waals surface area contributed by atoms with Gasteiger partial charge >= 0.3 is 0 Å². The first kappa shape index (κ1) is 15.5. The van der Waals surface area contributed by atoms with Gasteiger partial charge in [0, 0.05) is 31.7 Å². The van der Waals surface area contributed by atoms with Gasteiger partial charge in [-0.3, -0.25) is 4.79 Å². The fourth-order valence-electron chi connectivity index (χ4n) is 3.12. The average Bonchev–Trinajstić information content (AvgIpc) is 3.10. The van der Waals surface area contributed by atoms with Crippen LogP contribution < -0.4 is 0 Å². The van der Waals surface area contributed by atoms with E-state index >= 15 is 0 Å². The third-order valence-corrected chi connectivity index (χ3v) is 4.37. The summed E-state index contributed by atoms with van der Waals surface area (Å²) in [6.07, 6.45) is 1.82. The number of amides is 1. The quantitative estimate of drug-likeness (QED) is 0.854. The molecule has 0 saturated carbocycles. The van der Waals surface area contributed by atoms with Crippen LogP contribution >= 0.6 is 0 Å². The van der Waals surface area contributed by atoms with E-state index in [4.69, 9.17) is 14.2 Å². The Balaban J connectivity index is 1.54. The zero-order valence-electron chi connectivity index (χ0n) is 13.0. The maximum Gasteiger partial charge on any atom is 0.253 e. The Morgan fingerprint density at radius 2 is 1.82 bits per heavy atom. The van der Waals surface area contributed by atoms with Crippen molar-refractivity contribution in [1.29, 1.82) is 0 Å². The number of nitrogens with zero attached hydrogens (tertiary/aromatic N) is 1. The van der Waals surface area contributed by atoms with Gasteiger partial charge < -0.3 is 19.1 Å². The Labute approximate surface area is 131 Å². The molecule has 2 aliphatic rings. The second-order valence-corrected chi connectivity index (χ2v) is 5.87. The molecular formula is C17H23NO4. The first-order valence-electron chi connectivity index (χ1n) is 7.88. The van der Waals surface area contributed by atoms with E-state index in [2.05, 4.69) is 0 Å². The highest BCUT2D eigenvalue weighted by molar-refractivity contribution is 5.94. The fraction of sp³-hybridized carbons (Fsp3) is 0.588. The molecule has 3 rings (SSSR count). The molecule has 1 amide bonds. The average molecular weight is 305 g/mol. The summed E-state index contributed by atoms with van der Waals surface area (Å²) in [5.41, 5.74) is 1.82. The molecule has 0 bridgehead atoms. The SMILES string of the molecule is COCc1ccc(C(=O)N2CCC(C3OCCO3)CC2)cc1. The number of likely N-dealkylation sites (tertiary alicyclic amines) is 1. The van der Waals surface area contributed by atoms with Crippen molar-refractivity contribution in [2.75, 3.05) is 33.4 Å². The summed E-state index contributed by atoms with van der Waals surface area (Å²) < 4.78 is 16.2. The highest BCUT2D eigenvalue weighted by Gasteiger charge is 2.31. The molecule has 0 atom stereocenters. The molecule has 1 aromatic carbocycles. The standard InChI is InChI=1S/C17H23NO4/c1-20-12-13-2-4-14(5-3-13)16(19)18-8-6-15(7-9-18)17-21-10-11-22-17/h2-5,15,17H,6-12H2,1H3. The second-order valence-electron chi connectivity index (χ2n) is 5.87. The Kier molecular flexibility index (Phi) is 5.08. The number of piperidine rings is 1. The van der Waals surface area contributed by atoms with Crippen LogP contribution in [0.4, 0.5) is 0 Å². The van der Waals surface area contributed by atoms with Crippen LogP contribution in [-0.2, 0) is 20.8 Å². The lowest BCUT2D eigenvalue weighted by Crippen LogP contribution is -2.41.